The molecule has 0 bridgehead atoms. The molecule has 8 heteroatoms. The maximum absolute atomic E-state index is 11.8. The number of nitrogens with one attached hydrogen (secondary N) is 1. The van der Waals surface area contributed by atoms with Crippen molar-refractivity contribution in [3.05, 3.63) is 33.8 Å². The zero-order valence-electron chi connectivity index (χ0n) is 11.6. The second-order valence-corrected chi connectivity index (χ2v) is 6.06. The topological polar surface area (TPSA) is 73.3 Å². The second-order valence-electron chi connectivity index (χ2n) is 4.48. The number of halogens is 1. The van der Waals surface area contributed by atoms with Crippen LogP contribution in [0.25, 0.3) is 6.08 Å². The van der Waals surface area contributed by atoms with Crippen LogP contribution in [-0.4, -0.2) is 29.3 Å². The summed E-state index contributed by atoms with van der Waals surface area (Å²) < 4.78 is 10.9. The van der Waals surface area contributed by atoms with Gasteiger partial charge in [0.05, 0.1) is 5.02 Å². The molecule has 22 heavy (non-hydrogen) atoms. The summed E-state index contributed by atoms with van der Waals surface area (Å²) in [5.41, 5.74) is 0.748. The number of hydrogen-bond donors (Lipinski definition) is 1. The minimum atomic E-state index is -0.290. The van der Waals surface area contributed by atoms with Gasteiger partial charge in [-0.25, -0.2) is 0 Å². The molecule has 1 aliphatic rings. The maximum Gasteiger partial charge on any atom is 0.250 e. The van der Waals surface area contributed by atoms with Gasteiger partial charge >= 0.3 is 0 Å². The predicted octanol–water partition coefficient (Wildman–Crippen LogP) is 2.92. The van der Waals surface area contributed by atoms with E-state index in [1.165, 1.54) is 17.4 Å². The van der Waals surface area contributed by atoms with E-state index in [1.807, 2.05) is 6.92 Å². The van der Waals surface area contributed by atoms with Crippen molar-refractivity contribution < 1.29 is 14.3 Å². The van der Waals surface area contributed by atoms with E-state index in [2.05, 4.69) is 15.5 Å². The number of fused-ring (bicyclic) bond motifs is 1. The monoisotopic (exact) mass is 337 g/mol. The molecule has 114 valence electrons. The molecular formula is C14H12ClN3O3S. The van der Waals surface area contributed by atoms with Gasteiger partial charge < -0.3 is 9.47 Å². The number of rotatable bonds is 3. The number of benzene rings is 1. The van der Waals surface area contributed by atoms with E-state index in [0.717, 1.165) is 10.6 Å². The Kier molecular flexibility index (Phi) is 4.26. The number of amides is 1. The lowest BCUT2D eigenvalue weighted by atomic mass is 10.1. The SMILES string of the molecule is Cc1nnc(NC(=O)/C=C/c2cc(Cl)c3c(c2)OCCO3)s1. The fourth-order valence-electron chi connectivity index (χ4n) is 1.89. The third-order valence-corrected chi connectivity index (χ3v) is 3.84. The molecule has 0 atom stereocenters. The van der Waals surface area contributed by atoms with Crippen LogP contribution < -0.4 is 14.8 Å². The summed E-state index contributed by atoms with van der Waals surface area (Å²) in [7, 11) is 0. The smallest absolute Gasteiger partial charge is 0.250 e. The first kappa shape index (κ1) is 14.8. The number of carbonyl (C=O) groups excluding carboxylic acids is 1. The molecule has 1 aromatic heterocycles. The van der Waals surface area contributed by atoms with E-state index in [0.29, 0.717) is 34.9 Å². The molecule has 2 heterocycles. The maximum atomic E-state index is 11.8. The normalized spacial score (nSPS) is 13.4. The first-order valence-corrected chi connectivity index (χ1v) is 7.69. The number of aromatic nitrogens is 2. The van der Waals surface area contributed by atoms with Crippen LogP contribution in [0.4, 0.5) is 5.13 Å². The minimum absolute atomic E-state index is 0.290. The van der Waals surface area contributed by atoms with Crippen LogP contribution in [0.15, 0.2) is 18.2 Å². The van der Waals surface area contributed by atoms with Crippen molar-refractivity contribution >= 4 is 40.1 Å². The highest BCUT2D eigenvalue weighted by Crippen LogP contribution is 2.38. The summed E-state index contributed by atoms with van der Waals surface area (Å²) in [4.78, 5) is 11.8. The average molecular weight is 338 g/mol. The molecular weight excluding hydrogens is 326 g/mol. The van der Waals surface area contributed by atoms with Gasteiger partial charge in [0.1, 0.15) is 18.2 Å². The Morgan fingerprint density at radius 3 is 2.95 bits per heavy atom. The third kappa shape index (κ3) is 3.37. The molecule has 1 aliphatic heterocycles. The largest absolute Gasteiger partial charge is 0.486 e. The molecule has 0 saturated heterocycles. The van der Waals surface area contributed by atoms with E-state index in [9.17, 15) is 4.79 Å². The van der Waals surface area contributed by atoms with Gasteiger partial charge in [-0.2, -0.15) is 0 Å². The van der Waals surface area contributed by atoms with Crippen LogP contribution >= 0.6 is 22.9 Å². The molecule has 0 saturated carbocycles. The molecule has 0 fully saturated rings. The van der Waals surface area contributed by atoms with E-state index in [1.54, 1.807) is 18.2 Å². The lowest BCUT2D eigenvalue weighted by Crippen LogP contribution is -2.15. The van der Waals surface area contributed by atoms with Gasteiger partial charge in [0.25, 0.3) is 0 Å². The Hall–Kier alpha value is -2.12. The van der Waals surface area contributed by atoms with Gasteiger partial charge in [-0.3, -0.25) is 10.1 Å². The van der Waals surface area contributed by atoms with Crippen molar-refractivity contribution in [3.8, 4) is 11.5 Å². The summed E-state index contributed by atoms with van der Waals surface area (Å²) in [6, 6.07) is 3.49. The molecule has 6 nitrogen and oxygen atoms in total. The van der Waals surface area contributed by atoms with Crippen LogP contribution in [0.5, 0.6) is 11.5 Å². The second kappa shape index (κ2) is 6.33. The highest BCUT2D eigenvalue weighted by Gasteiger charge is 2.16. The highest BCUT2D eigenvalue weighted by molar-refractivity contribution is 7.15. The van der Waals surface area contributed by atoms with E-state index in [-0.39, 0.29) is 5.91 Å². The number of hydrogen-bond acceptors (Lipinski definition) is 6. The minimum Gasteiger partial charge on any atom is -0.486 e. The quantitative estimate of drug-likeness (QED) is 0.872. The van der Waals surface area contributed by atoms with Crippen LogP contribution in [0.2, 0.25) is 5.02 Å². The van der Waals surface area contributed by atoms with Gasteiger partial charge in [0.2, 0.25) is 11.0 Å². The van der Waals surface area contributed by atoms with Crippen LogP contribution in [0.3, 0.4) is 0 Å². The fourth-order valence-corrected chi connectivity index (χ4v) is 2.76. The van der Waals surface area contributed by atoms with Crippen molar-refractivity contribution in [2.24, 2.45) is 0 Å². The van der Waals surface area contributed by atoms with E-state index < -0.39 is 0 Å². The van der Waals surface area contributed by atoms with Gasteiger partial charge in [-0.15, -0.1) is 10.2 Å². The lowest BCUT2D eigenvalue weighted by molar-refractivity contribution is -0.111. The van der Waals surface area contributed by atoms with Crippen molar-refractivity contribution in [1.82, 2.24) is 10.2 Å². The molecule has 0 radical (unpaired) electrons. The Morgan fingerprint density at radius 2 is 2.18 bits per heavy atom. The molecule has 1 amide bonds. The van der Waals surface area contributed by atoms with Crippen molar-refractivity contribution in [2.45, 2.75) is 6.92 Å². The summed E-state index contributed by atoms with van der Waals surface area (Å²) in [5.74, 6) is 0.833. The first-order chi connectivity index (χ1) is 10.6. The Balaban J connectivity index is 1.72. The van der Waals surface area contributed by atoms with E-state index in [4.69, 9.17) is 21.1 Å². The fraction of sp³-hybridized carbons (Fsp3) is 0.214. The highest BCUT2D eigenvalue weighted by atomic mass is 35.5. The van der Waals surface area contributed by atoms with Gasteiger partial charge in [-0.05, 0) is 30.7 Å². The third-order valence-electron chi connectivity index (χ3n) is 2.80. The molecule has 0 spiro atoms. The molecule has 0 aliphatic carbocycles. The van der Waals surface area contributed by atoms with Gasteiger partial charge in [-0.1, -0.05) is 22.9 Å². The first-order valence-electron chi connectivity index (χ1n) is 6.50. The van der Waals surface area contributed by atoms with Crippen LogP contribution in [0.1, 0.15) is 10.6 Å². The number of carbonyl (C=O) groups is 1. The van der Waals surface area contributed by atoms with Crippen molar-refractivity contribution in [3.63, 3.8) is 0 Å². The van der Waals surface area contributed by atoms with Crippen molar-refractivity contribution in [2.75, 3.05) is 18.5 Å². The predicted molar refractivity (Wildman–Crippen MR) is 84.8 cm³/mol. The Bertz CT molecular complexity index is 745. The zero-order valence-corrected chi connectivity index (χ0v) is 13.2. The van der Waals surface area contributed by atoms with Gasteiger partial charge in [0.15, 0.2) is 11.5 Å². The Labute approximate surface area is 135 Å². The summed E-state index contributed by atoms with van der Waals surface area (Å²) in [5, 5.41) is 12.0. The van der Waals surface area contributed by atoms with Gasteiger partial charge in [0, 0.05) is 6.08 Å². The molecule has 3 rings (SSSR count). The van der Waals surface area contributed by atoms with Crippen LogP contribution in [-0.2, 0) is 4.79 Å². The van der Waals surface area contributed by atoms with Crippen molar-refractivity contribution in [1.29, 1.82) is 0 Å². The number of ether oxygens (including phenoxy) is 2. The molecule has 2 aromatic rings. The molecule has 0 unspecified atom stereocenters. The van der Waals surface area contributed by atoms with E-state index >= 15 is 0 Å². The number of anilines is 1. The summed E-state index contributed by atoms with van der Waals surface area (Å²) in [6.07, 6.45) is 3.05. The Morgan fingerprint density at radius 1 is 1.36 bits per heavy atom. The number of nitrogens with zero attached hydrogens (tertiary/aromatic N) is 2. The van der Waals surface area contributed by atoms with Crippen LogP contribution in [0, 0.1) is 6.92 Å². The summed E-state index contributed by atoms with van der Waals surface area (Å²) in [6.45, 7) is 2.78. The lowest BCUT2D eigenvalue weighted by Gasteiger charge is -2.19. The standard InChI is InChI=1S/C14H12ClN3O3S/c1-8-17-18-14(22-8)16-12(19)3-2-9-6-10(15)13-11(7-9)20-4-5-21-13/h2-3,6-7H,4-5H2,1H3,(H,16,18,19)/b3-2+. The molecule has 1 aromatic carbocycles. The summed E-state index contributed by atoms with van der Waals surface area (Å²) >= 11 is 7.45. The average Bonchev–Trinajstić information content (AvgIpc) is 2.90. The number of aryl methyl sites for hydroxylation is 1. The zero-order chi connectivity index (χ0) is 15.5. The molecule has 1 N–H and O–H groups in total.